The third-order valence-electron chi connectivity index (χ3n) is 3.55. The van der Waals surface area contributed by atoms with E-state index in [-0.39, 0.29) is 30.4 Å². The van der Waals surface area contributed by atoms with Crippen LogP contribution >= 0.6 is 0 Å². The van der Waals surface area contributed by atoms with Gasteiger partial charge in [0, 0.05) is 18.2 Å². The van der Waals surface area contributed by atoms with Crippen molar-refractivity contribution in [2.24, 2.45) is 0 Å². The van der Waals surface area contributed by atoms with Crippen LogP contribution in [0, 0.1) is 21.4 Å². The first-order valence-corrected chi connectivity index (χ1v) is 7.17. The molecule has 1 aliphatic rings. The molecule has 0 radical (unpaired) electrons. The molecule has 0 fully saturated rings. The maximum Gasteiger partial charge on any atom is 0.366 e. The van der Waals surface area contributed by atoms with Crippen LogP contribution in [0.3, 0.4) is 0 Å². The van der Waals surface area contributed by atoms with Crippen molar-refractivity contribution in [2.75, 3.05) is 11.4 Å². The van der Waals surface area contributed by atoms with Gasteiger partial charge in [0.15, 0.2) is 5.75 Å². The number of amides is 1. The van der Waals surface area contributed by atoms with E-state index in [2.05, 4.69) is 4.98 Å². The van der Waals surface area contributed by atoms with Gasteiger partial charge in [-0.1, -0.05) is 30.3 Å². The van der Waals surface area contributed by atoms with Gasteiger partial charge >= 0.3 is 5.82 Å². The second kappa shape index (κ2) is 6.34. The molecule has 0 aliphatic carbocycles. The summed E-state index contributed by atoms with van der Waals surface area (Å²) in [7, 11) is 0. The summed E-state index contributed by atoms with van der Waals surface area (Å²) >= 11 is 0. The number of benzene rings is 1. The zero-order valence-corrected chi connectivity index (χ0v) is 12.5. The lowest BCUT2D eigenvalue weighted by molar-refractivity contribution is -0.389. The van der Waals surface area contributed by atoms with Crippen molar-refractivity contribution in [1.29, 1.82) is 5.26 Å². The fourth-order valence-corrected chi connectivity index (χ4v) is 2.45. The number of ether oxygens (including phenoxy) is 1. The van der Waals surface area contributed by atoms with Gasteiger partial charge in [-0.3, -0.25) is 9.69 Å². The van der Waals surface area contributed by atoms with Crippen LogP contribution in [0.25, 0.3) is 0 Å². The van der Waals surface area contributed by atoms with Gasteiger partial charge < -0.3 is 14.9 Å². The summed E-state index contributed by atoms with van der Waals surface area (Å²) in [6.07, 6.45) is -0.794. The summed E-state index contributed by atoms with van der Waals surface area (Å²) in [6, 6.07) is 13.5. The van der Waals surface area contributed by atoms with Gasteiger partial charge in [0.25, 0.3) is 11.7 Å². The lowest BCUT2D eigenvalue weighted by atomic mass is 10.1. The van der Waals surface area contributed by atoms with Crippen LogP contribution < -0.4 is 9.64 Å². The molecule has 1 aromatic heterocycles. The summed E-state index contributed by atoms with van der Waals surface area (Å²) in [5.74, 6) is -0.453. The molecule has 8 nitrogen and oxygen atoms in total. The maximum absolute atomic E-state index is 12.8. The number of carbonyl (C=O) groups is 1. The predicted octanol–water partition coefficient (Wildman–Crippen LogP) is 2.37. The topological polar surface area (TPSA) is 109 Å². The van der Waals surface area contributed by atoms with Crippen LogP contribution in [0.5, 0.6) is 5.75 Å². The molecule has 120 valence electrons. The molecule has 1 unspecified atom stereocenters. The molecule has 2 aromatic rings. The van der Waals surface area contributed by atoms with Crippen LogP contribution in [-0.4, -0.2) is 22.4 Å². The molecule has 1 atom stereocenters. The highest BCUT2D eigenvalue weighted by molar-refractivity contribution is 5.99. The molecule has 24 heavy (non-hydrogen) atoms. The highest BCUT2D eigenvalue weighted by Crippen LogP contribution is 2.38. The first-order valence-electron chi connectivity index (χ1n) is 7.17. The minimum absolute atomic E-state index is 0.0663. The first kappa shape index (κ1) is 15.4. The zero-order chi connectivity index (χ0) is 17.1. The van der Waals surface area contributed by atoms with Gasteiger partial charge in [-0.05, 0) is 16.0 Å². The van der Waals surface area contributed by atoms with Crippen LogP contribution in [0.2, 0.25) is 0 Å². The Morgan fingerprint density at radius 1 is 1.29 bits per heavy atom. The number of pyridine rings is 1. The highest BCUT2D eigenvalue weighted by atomic mass is 16.6. The molecule has 1 amide bonds. The minimum atomic E-state index is -0.874. The number of fused-ring (bicyclic) bond motifs is 1. The minimum Gasteiger partial charge on any atom is -0.469 e. The second-order valence-electron chi connectivity index (χ2n) is 5.05. The Bertz CT molecular complexity index is 832. The molecule has 0 spiro atoms. The van der Waals surface area contributed by atoms with Crippen molar-refractivity contribution in [3.05, 3.63) is 58.1 Å². The summed E-state index contributed by atoms with van der Waals surface area (Å²) < 4.78 is 5.72. The van der Waals surface area contributed by atoms with Crippen molar-refractivity contribution < 1.29 is 14.5 Å². The van der Waals surface area contributed by atoms with Gasteiger partial charge in [0.05, 0.1) is 12.5 Å². The monoisotopic (exact) mass is 324 g/mol. The number of nitrogens with zero attached hydrogens (tertiary/aromatic N) is 4. The van der Waals surface area contributed by atoms with Crippen molar-refractivity contribution in [2.45, 2.75) is 12.5 Å². The molecule has 0 N–H and O–H groups in total. The largest absolute Gasteiger partial charge is 0.469 e. The first-order chi connectivity index (χ1) is 11.6. The highest BCUT2D eigenvalue weighted by Gasteiger charge is 2.39. The molecule has 8 heteroatoms. The van der Waals surface area contributed by atoms with Crippen LogP contribution in [0.15, 0.2) is 42.5 Å². The zero-order valence-electron chi connectivity index (χ0n) is 12.5. The number of carbonyl (C=O) groups excluding carboxylic acids is 1. The van der Waals surface area contributed by atoms with E-state index in [4.69, 9.17) is 10.00 Å². The fraction of sp³-hybridized carbons (Fsp3) is 0.188. The molecule has 2 heterocycles. The molecule has 1 aromatic carbocycles. The van der Waals surface area contributed by atoms with Crippen molar-refractivity contribution in [3.63, 3.8) is 0 Å². The Labute approximate surface area is 137 Å². The van der Waals surface area contributed by atoms with Gasteiger partial charge in [0.2, 0.25) is 6.10 Å². The third-order valence-corrected chi connectivity index (χ3v) is 3.55. The van der Waals surface area contributed by atoms with Crippen molar-refractivity contribution in [1.82, 2.24) is 4.98 Å². The van der Waals surface area contributed by atoms with E-state index in [9.17, 15) is 14.9 Å². The number of hydrogen-bond donors (Lipinski definition) is 0. The molecule has 0 bridgehead atoms. The number of nitriles is 1. The van der Waals surface area contributed by atoms with E-state index in [1.807, 2.05) is 12.1 Å². The molecule has 0 saturated carbocycles. The predicted molar refractivity (Wildman–Crippen MR) is 83.3 cm³/mol. The number of anilines is 1. The van der Waals surface area contributed by atoms with Gasteiger partial charge in [-0.2, -0.15) is 5.26 Å². The van der Waals surface area contributed by atoms with Crippen molar-refractivity contribution in [3.8, 4) is 11.8 Å². The van der Waals surface area contributed by atoms with Gasteiger partial charge in [-0.15, -0.1) is 0 Å². The van der Waals surface area contributed by atoms with Gasteiger partial charge in [-0.25, -0.2) is 0 Å². The van der Waals surface area contributed by atoms with Crippen LogP contribution in [0.1, 0.15) is 18.1 Å². The summed E-state index contributed by atoms with van der Waals surface area (Å²) in [6.45, 7) is 0.0865. The van der Waals surface area contributed by atoms with Crippen molar-refractivity contribution >= 4 is 17.5 Å². The molecule has 1 aliphatic heterocycles. The van der Waals surface area contributed by atoms with Crippen LogP contribution in [-0.2, 0) is 4.79 Å². The van der Waals surface area contributed by atoms with E-state index in [1.165, 1.54) is 17.0 Å². The molecular weight excluding hydrogens is 312 g/mol. The molecular formula is C16H12N4O4. The Morgan fingerprint density at radius 2 is 2.04 bits per heavy atom. The Balaban J connectivity index is 2.05. The number of nitro groups is 1. The number of hydrogen-bond acceptors (Lipinski definition) is 6. The van der Waals surface area contributed by atoms with E-state index in [1.54, 1.807) is 24.3 Å². The lowest BCUT2D eigenvalue weighted by Crippen LogP contribution is -2.42. The quantitative estimate of drug-likeness (QED) is 0.631. The molecule has 0 saturated heterocycles. The van der Waals surface area contributed by atoms with Gasteiger partial charge in [0.1, 0.15) is 0 Å². The lowest BCUT2D eigenvalue weighted by Gasteiger charge is -2.30. The van der Waals surface area contributed by atoms with E-state index in [0.29, 0.717) is 5.56 Å². The van der Waals surface area contributed by atoms with Crippen LogP contribution in [0.4, 0.5) is 11.6 Å². The Hall–Kier alpha value is -3.47. The second-order valence-corrected chi connectivity index (χ2v) is 5.05. The summed E-state index contributed by atoms with van der Waals surface area (Å²) in [5, 5.41) is 19.7. The SMILES string of the molecule is N#CCCN1C(=O)C(c2ccccc2)Oc2ccc([N+](=O)[O-])nc21. The summed E-state index contributed by atoms with van der Waals surface area (Å²) in [5.41, 5.74) is 0.661. The standard InChI is InChI=1S/C16H12N4O4/c17-9-4-10-19-15-12(7-8-13(18-15)20(22)23)24-14(16(19)21)11-5-2-1-3-6-11/h1-3,5-8,14H,4,10H2. The molecule has 3 rings (SSSR count). The number of rotatable bonds is 4. The maximum atomic E-state index is 12.8. The summed E-state index contributed by atoms with van der Waals surface area (Å²) in [4.78, 5) is 28.2. The fourth-order valence-electron chi connectivity index (χ4n) is 2.45. The Morgan fingerprint density at radius 3 is 2.71 bits per heavy atom. The van der Waals surface area contributed by atoms with E-state index in [0.717, 1.165) is 0 Å². The Kier molecular flexibility index (Phi) is 4.07. The average molecular weight is 324 g/mol. The normalized spacial score (nSPS) is 16.0. The van der Waals surface area contributed by atoms with E-state index >= 15 is 0 Å². The smallest absolute Gasteiger partial charge is 0.366 e. The van der Waals surface area contributed by atoms with E-state index < -0.39 is 16.9 Å². The third kappa shape index (κ3) is 2.75. The average Bonchev–Trinajstić information content (AvgIpc) is 2.60. The number of aromatic nitrogens is 1.